The predicted octanol–water partition coefficient (Wildman–Crippen LogP) is 4.63. The molecule has 0 aliphatic heterocycles. The van der Waals surface area contributed by atoms with E-state index in [1.807, 2.05) is 45.0 Å². The van der Waals surface area contributed by atoms with Gasteiger partial charge < -0.3 is 5.32 Å². The molecule has 5 nitrogen and oxygen atoms in total. The summed E-state index contributed by atoms with van der Waals surface area (Å²) < 4.78 is 26.0. The number of carbonyl (C=O) groups is 1. The molecule has 1 amide bonds. The third-order valence-electron chi connectivity index (χ3n) is 5.39. The van der Waals surface area contributed by atoms with Crippen LogP contribution in [0.3, 0.4) is 0 Å². The number of sulfonamides is 1. The van der Waals surface area contributed by atoms with Crippen molar-refractivity contribution in [1.82, 2.24) is 5.32 Å². The summed E-state index contributed by atoms with van der Waals surface area (Å²) in [6, 6.07) is 13.3. The van der Waals surface area contributed by atoms with Crippen molar-refractivity contribution in [3.8, 4) is 0 Å². The lowest BCUT2D eigenvalue weighted by atomic mass is 9.87. The van der Waals surface area contributed by atoms with Gasteiger partial charge in [0.2, 0.25) is 15.9 Å². The first-order valence-electron chi connectivity index (χ1n) is 10.3. The van der Waals surface area contributed by atoms with Gasteiger partial charge >= 0.3 is 0 Å². The van der Waals surface area contributed by atoms with E-state index in [9.17, 15) is 13.2 Å². The molecule has 0 aromatic heterocycles. The quantitative estimate of drug-likeness (QED) is 0.696. The molecule has 0 unspecified atom stereocenters. The van der Waals surface area contributed by atoms with Crippen molar-refractivity contribution in [2.75, 3.05) is 17.1 Å². The van der Waals surface area contributed by atoms with E-state index < -0.39 is 10.0 Å². The lowest BCUT2D eigenvalue weighted by Crippen LogP contribution is -2.41. The van der Waals surface area contributed by atoms with Crippen molar-refractivity contribution >= 4 is 21.6 Å². The van der Waals surface area contributed by atoms with E-state index in [2.05, 4.69) is 32.2 Å². The van der Waals surface area contributed by atoms with Crippen molar-refractivity contribution in [1.29, 1.82) is 0 Å². The van der Waals surface area contributed by atoms with Gasteiger partial charge in [0.15, 0.2) is 0 Å². The number of anilines is 1. The Kier molecular flexibility index (Phi) is 7.35. The predicted molar refractivity (Wildman–Crippen MR) is 124 cm³/mol. The molecule has 2 aromatic rings. The summed E-state index contributed by atoms with van der Waals surface area (Å²) in [4.78, 5) is 12.8. The Bertz CT molecular complexity index is 990. The molecular weight excluding hydrogens is 396 g/mol. The average Bonchev–Trinajstić information content (AvgIpc) is 2.65. The van der Waals surface area contributed by atoms with E-state index in [1.54, 1.807) is 12.1 Å². The number of amides is 1. The van der Waals surface area contributed by atoms with Gasteiger partial charge in [-0.2, -0.15) is 0 Å². The molecule has 0 aliphatic carbocycles. The summed E-state index contributed by atoms with van der Waals surface area (Å²) in [6.07, 6.45) is 1.84. The first kappa shape index (κ1) is 23.9. The van der Waals surface area contributed by atoms with Crippen molar-refractivity contribution in [2.45, 2.75) is 59.4 Å². The van der Waals surface area contributed by atoms with Crippen LogP contribution in [0.1, 0.15) is 62.4 Å². The molecular formula is C24H34N2O3S. The molecule has 0 radical (unpaired) electrons. The zero-order chi connectivity index (χ0) is 22.7. The lowest BCUT2D eigenvalue weighted by Gasteiger charge is -2.25. The van der Waals surface area contributed by atoms with E-state index in [0.717, 1.165) is 27.3 Å². The maximum absolute atomic E-state index is 12.8. The molecule has 0 saturated heterocycles. The summed E-state index contributed by atoms with van der Waals surface area (Å²) >= 11 is 0. The number of hydrogen-bond donors (Lipinski definition) is 1. The largest absolute Gasteiger partial charge is 0.348 e. The molecule has 2 rings (SSSR count). The van der Waals surface area contributed by atoms with E-state index in [1.165, 1.54) is 5.56 Å². The van der Waals surface area contributed by atoms with Gasteiger partial charge in [-0.25, -0.2) is 8.42 Å². The van der Waals surface area contributed by atoms with Crippen LogP contribution in [0.25, 0.3) is 0 Å². The summed E-state index contributed by atoms with van der Waals surface area (Å²) in [5.74, 6) is -0.328. The normalized spacial score (nSPS) is 13.0. The van der Waals surface area contributed by atoms with Gasteiger partial charge in [-0.05, 0) is 60.1 Å². The number of nitrogens with zero attached hydrogens (tertiary/aromatic N) is 1. The summed E-state index contributed by atoms with van der Waals surface area (Å²) in [5.41, 5.74) is 4.93. The SMILES string of the molecule is CC[C@H](NC(=O)CN(c1ccc(C(C)(C)C)cc1)S(C)(=O)=O)c1ccc(C)c(C)c1. The molecule has 30 heavy (non-hydrogen) atoms. The maximum atomic E-state index is 12.8. The van der Waals surface area contributed by atoms with Crippen LogP contribution >= 0.6 is 0 Å². The number of benzene rings is 2. The van der Waals surface area contributed by atoms with Crippen molar-refractivity contribution in [3.05, 3.63) is 64.7 Å². The van der Waals surface area contributed by atoms with Gasteiger partial charge in [0, 0.05) is 0 Å². The first-order valence-corrected chi connectivity index (χ1v) is 12.1. The monoisotopic (exact) mass is 430 g/mol. The number of carbonyl (C=O) groups excluding carboxylic acids is 1. The van der Waals surface area contributed by atoms with Crippen LogP contribution in [0, 0.1) is 13.8 Å². The Hall–Kier alpha value is -2.34. The highest BCUT2D eigenvalue weighted by atomic mass is 32.2. The van der Waals surface area contributed by atoms with Gasteiger partial charge in [0.05, 0.1) is 18.0 Å². The van der Waals surface area contributed by atoms with E-state index in [4.69, 9.17) is 0 Å². The van der Waals surface area contributed by atoms with Crippen LogP contribution in [0.15, 0.2) is 42.5 Å². The topological polar surface area (TPSA) is 66.5 Å². The van der Waals surface area contributed by atoms with Crippen molar-refractivity contribution in [2.24, 2.45) is 0 Å². The molecule has 0 heterocycles. The minimum absolute atomic E-state index is 0.0354. The Morgan fingerprint density at radius 3 is 2.10 bits per heavy atom. The summed E-state index contributed by atoms with van der Waals surface area (Å²) in [6.45, 7) is 12.1. The van der Waals surface area contributed by atoms with Crippen LogP contribution in [0.2, 0.25) is 0 Å². The Balaban J connectivity index is 2.22. The van der Waals surface area contributed by atoms with E-state index >= 15 is 0 Å². The van der Waals surface area contributed by atoms with E-state index in [-0.39, 0.29) is 23.9 Å². The third-order valence-corrected chi connectivity index (χ3v) is 6.53. The third kappa shape index (κ3) is 6.08. The lowest BCUT2D eigenvalue weighted by molar-refractivity contribution is -0.120. The minimum Gasteiger partial charge on any atom is -0.348 e. The van der Waals surface area contributed by atoms with Gasteiger partial charge in [-0.3, -0.25) is 9.10 Å². The van der Waals surface area contributed by atoms with Gasteiger partial charge in [-0.15, -0.1) is 0 Å². The standard InChI is InChI=1S/C24H34N2O3S/c1-8-22(19-10-9-17(2)18(3)15-19)25-23(27)16-26(30(7,28)29)21-13-11-20(12-14-21)24(4,5)6/h9-15,22H,8,16H2,1-7H3,(H,25,27)/t22-/m0/s1. The van der Waals surface area contributed by atoms with Crippen molar-refractivity contribution < 1.29 is 13.2 Å². The second-order valence-electron chi connectivity index (χ2n) is 8.94. The van der Waals surface area contributed by atoms with Crippen LogP contribution in [0.4, 0.5) is 5.69 Å². The smallest absolute Gasteiger partial charge is 0.241 e. The van der Waals surface area contributed by atoms with Gasteiger partial charge in [-0.1, -0.05) is 58.0 Å². The zero-order valence-electron chi connectivity index (χ0n) is 19.1. The highest BCUT2D eigenvalue weighted by Crippen LogP contribution is 2.26. The minimum atomic E-state index is -3.61. The Morgan fingerprint density at radius 2 is 1.63 bits per heavy atom. The highest BCUT2D eigenvalue weighted by molar-refractivity contribution is 7.92. The first-order chi connectivity index (χ1) is 13.8. The van der Waals surface area contributed by atoms with E-state index in [0.29, 0.717) is 12.1 Å². The number of nitrogens with one attached hydrogen (secondary N) is 1. The molecule has 164 valence electrons. The molecule has 0 saturated carbocycles. The van der Waals surface area contributed by atoms with Crippen molar-refractivity contribution in [3.63, 3.8) is 0 Å². The fourth-order valence-corrected chi connectivity index (χ4v) is 4.16. The van der Waals surface area contributed by atoms with Crippen LogP contribution in [-0.2, 0) is 20.2 Å². The van der Waals surface area contributed by atoms with Crippen LogP contribution in [-0.4, -0.2) is 27.1 Å². The molecule has 0 spiro atoms. The maximum Gasteiger partial charge on any atom is 0.241 e. The molecule has 2 aromatic carbocycles. The second-order valence-corrected chi connectivity index (χ2v) is 10.8. The summed E-state index contributed by atoms with van der Waals surface area (Å²) in [7, 11) is -3.61. The molecule has 1 atom stereocenters. The fourth-order valence-electron chi connectivity index (χ4n) is 3.30. The Morgan fingerprint density at radius 1 is 1.03 bits per heavy atom. The fraction of sp³-hybridized carbons (Fsp3) is 0.458. The summed E-state index contributed by atoms with van der Waals surface area (Å²) in [5, 5.41) is 2.99. The Labute approximate surface area is 181 Å². The molecule has 0 aliphatic rings. The highest BCUT2D eigenvalue weighted by Gasteiger charge is 2.23. The second kappa shape index (κ2) is 9.21. The van der Waals surface area contributed by atoms with Crippen LogP contribution in [0.5, 0.6) is 0 Å². The van der Waals surface area contributed by atoms with Gasteiger partial charge in [0.1, 0.15) is 6.54 Å². The number of rotatable bonds is 7. The average molecular weight is 431 g/mol. The zero-order valence-corrected chi connectivity index (χ0v) is 19.9. The molecule has 0 bridgehead atoms. The molecule has 1 N–H and O–H groups in total. The number of hydrogen-bond acceptors (Lipinski definition) is 3. The van der Waals surface area contributed by atoms with Crippen LogP contribution < -0.4 is 9.62 Å². The molecule has 6 heteroatoms. The van der Waals surface area contributed by atoms with Gasteiger partial charge in [0.25, 0.3) is 0 Å². The molecule has 0 fully saturated rings. The number of aryl methyl sites for hydroxylation is 2.